The number of hydrogen-bond acceptors (Lipinski definition) is 4. The van der Waals surface area contributed by atoms with Crippen molar-refractivity contribution < 1.29 is 19.0 Å². The normalized spacial score (nSPS) is 22.8. The summed E-state index contributed by atoms with van der Waals surface area (Å²) in [6.45, 7) is 5.22. The number of hydrogen-bond donors (Lipinski definition) is 0. The van der Waals surface area contributed by atoms with E-state index in [9.17, 15) is 14.4 Å². The van der Waals surface area contributed by atoms with E-state index in [1.165, 1.54) is 24.7 Å². The van der Waals surface area contributed by atoms with Gasteiger partial charge in [0.15, 0.2) is 0 Å². The van der Waals surface area contributed by atoms with Crippen molar-refractivity contribution in [3.63, 3.8) is 0 Å². The fourth-order valence-corrected chi connectivity index (χ4v) is 4.43. The van der Waals surface area contributed by atoms with Gasteiger partial charge in [-0.15, -0.1) is 0 Å². The van der Waals surface area contributed by atoms with Gasteiger partial charge in [0.05, 0.1) is 12.6 Å². The summed E-state index contributed by atoms with van der Waals surface area (Å²) in [6, 6.07) is -0.778. The number of ketones is 1. The van der Waals surface area contributed by atoms with E-state index in [0.717, 1.165) is 35.1 Å². The maximum absolute atomic E-state index is 13.1. The Hall–Kier alpha value is -2.51. The van der Waals surface area contributed by atoms with Gasteiger partial charge < -0.3 is 0 Å². The van der Waals surface area contributed by atoms with Gasteiger partial charge in [0.2, 0.25) is 11.9 Å². The number of amides is 3. The molecule has 0 spiro atoms. The van der Waals surface area contributed by atoms with E-state index < -0.39 is 12.1 Å². The molecule has 0 N–H and O–H groups in total. The fourth-order valence-electron chi connectivity index (χ4n) is 4.43. The molecule has 0 aromatic carbocycles. The topological polar surface area (TPSA) is 78.9 Å². The van der Waals surface area contributed by atoms with Gasteiger partial charge in [-0.05, 0) is 46.5 Å². The first-order chi connectivity index (χ1) is 12.3. The van der Waals surface area contributed by atoms with Crippen LogP contribution in [0.5, 0.6) is 0 Å². The Bertz CT molecular complexity index is 863. The molecule has 3 aliphatic rings. The van der Waals surface area contributed by atoms with Crippen molar-refractivity contribution in [3.8, 4) is 0 Å². The summed E-state index contributed by atoms with van der Waals surface area (Å²) in [5.74, 6) is 0.590. The lowest BCUT2D eigenvalue weighted by molar-refractivity contribution is -0.683. The number of nitrogens with zero attached hydrogens (tertiary/aromatic N) is 5. The molecule has 2 fully saturated rings. The number of carbonyl (C=O) groups is 3. The van der Waals surface area contributed by atoms with Crippen LogP contribution in [0.25, 0.3) is 0 Å². The maximum atomic E-state index is 13.1. The highest BCUT2D eigenvalue weighted by molar-refractivity contribution is 6.19. The second kappa shape index (κ2) is 5.75. The van der Waals surface area contributed by atoms with E-state index in [1.807, 2.05) is 11.5 Å². The molecule has 0 radical (unpaired) electrons. The Morgan fingerprint density at radius 2 is 1.88 bits per heavy atom. The van der Waals surface area contributed by atoms with Gasteiger partial charge in [0, 0.05) is 7.05 Å². The fraction of sp³-hybridized carbons (Fsp3) is 0.611. The van der Waals surface area contributed by atoms with E-state index in [0.29, 0.717) is 11.9 Å². The average molecular weight is 358 g/mol. The number of rotatable bonds is 3. The summed E-state index contributed by atoms with van der Waals surface area (Å²) in [5.41, 5.74) is 2.09. The average Bonchev–Trinajstić information content (AvgIpc) is 3.28. The van der Waals surface area contributed by atoms with Crippen molar-refractivity contribution in [3.05, 3.63) is 11.4 Å². The first kappa shape index (κ1) is 16.9. The molecular formula is C18H24N5O3+. The molecule has 1 saturated heterocycles. The van der Waals surface area contributed by atoms with E-state index in [4.69, 9.17) is 4.99 Å². The van der Waals surface area contributed by atoms with E-state index >= 15 is 0 Å². The lowest BCUT2D eigenvalue weighted by Crippen LogP contribution is -2.63. The van der Waals surface area contributed by atoms with Crippen LogP contribution >= 0.6 is 0 Å². The van der Waals surface area contributed by atoms with Gasteiger partial charge >= 0.3 is 12.0 Å². The first-order valence-corrected chi connectivity index (χ1v) is 9.13. The van der Waals surface area contributed by atoms with Crippen LogP contribution in [-0.2, 0) is 9.59 Å². The number of amidine groups is 1. The molecule has 0 bridgehead atoms. The second-order valence-corrected chi connectivity index (χ2v) is 7.49. The van der Waals surface area contributed by atoms with Crippen molar-refractivity contribution in [2.75, 3.05) is 13.6 Å². The van der Waals surface area contributed by atoms with Crippen molar-refractivity contribution in [1.82, 2.24) is 14.4 Å². The number of fused-ring (bicyclic) bond motifs is 3. The molecule has 2 aliphatic heterocycles. The van der Waals surface area contributed by atoms with Crippen LogP contribution in [0.15, 0.2) is 4.99 Å². The summed E-state index contributed by atoms with van der Waals surface area (Å²) in [4.78, 5) is 44.3. The summed E-state index contributed by atoms with van der Waals surface area (Å²) in [7, 11) is 1.61. The smallest absolute Gasteiger partial charge is 0.298 e. The highest BCUT2D eigenvalue weighted by atomic mass is 16.2. The minimum atomic E-state index is -0.673. The Kier molecular flexibility index (Phi) is 3.75. The van der Waals surface area contributed by atoms with Gasteiger partial charge in [-0.2, -0.15) is 0 Å². The number of aromatic nitrogens is 2. The molecule has 3 heterocycles. The van der Waals surface area contributed by atoms with Crippen molar-refractivity contribution in [1.29, 1.82) is 0 Å². The standard InChI is InChI=1S/C18H24N5O3/c1-10(24)9-21-16(25)14-15(20(4)18(21)26)19-17-22(13-7-5-6-8-13)11(2)12(3)23(14)17/h13-14H,5-9H2,1-4H3/q+1. The molecule has 3 amide bonds. The molecule has 1 atom stereocenters. The number of urea groups is 1. The number of aliphatic imine (C=N–C) groups is 1. The number of imidazole rings is 1. The molecule has 26 heavy (non-hydrogen) atoms. The van der Waals surface area contributed by atoms with Crippen LogP contribution in [0.3, 0.4) is 0 Å². The summed E-state index contributed by atoms with van der Waals surface area (Å²) < 4.78 is 4.16. The van der Waals surface area contributed by atoms with Gasteiger partial charge in [0.25, 0.3) is 5.91 Å². The SMILES string of the molecule is CC(=O)CN1C(=O)C2C(=Nc3n(C4CCCC4)c(C)c(C)[n+]32)N(C)C1=O. The number of carbonyl (C=O) groups excluding carboxylic acids is 3. The monoisotopic (exact) mass is 358 g/mol. The maximum Gasteiger partial charge on any atom is 0.402 e. The van der Waals surface area contributed by atoms with Crippen LogP contribution in [-0.4, -0.2) is 51.5 Å². The van der Waals surface area contributed by atoms with Crippen molar-refractivity contribution in [2.45, 2.75) is 58.5 Å². The van der Waals surface area contributed by atoms with E-state index in [-0.39, 0.29) is 18.2 Å². The summed E-state index contributed by atoms with van der Waals surface area (Å²) in [5, 5.41) is 0. The third-order valence-electron chi connectivity index (χ3n) is 5.83. The summed E-state index contributed by atoms with van der Waals surface area (Å²) >= 11 is 0. The molecular weight excluding hydrogens is 334 g/mol. The zero-order valence-corrected chi connectivity index (χ0v) is 15.7. The Balaban J connectivity index is 1.84. The molecule has 1 aliphatic carbocycles. The molecule has 8 heteroatoms. The lowest BCUT2D eigenvalue weighted by Gasteiger charge is -2.32. The van der Waals surface area contributed by atoms with Crippen LogP contribution in [0.1, 0.15) is 56.1 Å². The van der Waals surface area contributed by atoms with Gasteiger partial charge in [0.1, 0.15) is 17.2 Å². The molecule has 138 valence electrons. The molecule has 1 unspecified atom stereocenters. The van der Waals surface area contributed by atoms with Crippen LogP contribution in [0.4, 0.5) is 10.7 Å². The molecule has 1 aromatic heterocycles. The number of likely N-dealkylation sites (N-methyl/N-ethyl adjacent to an activating group) is 1. The lowest BCUT2D eigenvalue weighted by atomic mass is 10.1. The molecule has 4 rings (SSSR count). The quantitative estimate of drug-likeness (QED) is 0.770. The number of Topliss-reactive ketones (excluding diaryl/α,β-unsaturated/α-hetero) is 1. The third kappa shape index (κ3) is 2.17. The van der Waals surface area contributed by atoms with Crippen LogP contribution in [0, 0.1) is 13.8 Å². The Morgan fingerprint density at radius 1 is 1.23 bits per heavy atom. The predicted molar refractivity (Wildman–Crippen MR) is 93.3 cm³/mol. The Labute approximate surface area is 152 Å². The van der Waals surface area contributed by atoms with Crippen LogP contribution < -0.4 is 4.57 Å². The van der Waals surface area contributed by atoms with E-state index in [1.54, 1.807) is 7.05 Å². The highest BCUT2D eigenvalue weighted by Gasteiger charge is 2.54. The largest absolute Gasteiger partial charge is 0.402 e. The zero-order valence-electron chi connectivity index (χ0n) is 15.7. The predicted octanol–water partition coefficient (Wildman–Crippen LogP) is 1.58. The minimum absolute atomic E-state index is 0.205. The minimum Gasteiger partial charge on any atom is -0.298 e. The Morgan fingerprint density at radius 3 is 2.50 bits per heavy atom. The van der Waals surface area contributed by atoms with Crippen molar-refractivity contribution >= 4 is 29.5 Å². The van der Waals surface area contributed by atoms with Gasteiger partial charge in [-0.25, -0.2) is 13.9 Å². The molecule has 8 nitrogen and oxygen atoms in total. The first-order valence-electron chi connectivity index (χ1n) is 9.13. The van der Waals surface area contributed by atoms with Gasteiger partial charge in [-0.3, -0.25) is 19.4 Å². The van der Waals surface area contributed by atoms with Crippen LogP contribution in [0.2, 0.25) is 0 Å². The molecule has 1 saturated carbocycles. The molecule has 1 aromatic rings. The van der Waals surface area contributed by atoms with Gasteiger partial charge in [-0.1, -0.05) is 4.99 Å². The van der Waals surface area contributed by atoms with E-state index in [2.05, 4.69) is 11.5 Å². The third-order valence-corrected chi connectivity index (χ3v) is 5.83. The summed E-state index contributed by atoms with van der Waals surface area (Å²) in [6.07, 6.45) is 4.61. The second-order valence-electron chi connectivity index (χ2n) is 7.49. The zero-order chi connectivity index (χ0) is 18.7. The van der Waals surface area contributed by atoms with Crippen molar-refractivity contribution in [2.24, 2.45) is 4.99 Å². The number of imide groups is 1. The highest BCUT2D eigenvalue weighted by Crippen LogP contribution is 2.38.